The van der Waals surface area contributed by atoms with E-state index in [1.54, 1.807) is 6.20 Å². The SMILES string of the molecule is Clc1ccccc1CNc1ncccc1Br. The van der Waals surface area contributed by atoms with E-state index in [1.807, 2.05) is 36.4 Å². The van der Waals surface area contributed by atoms with Gasteiger partial charge in [-0.1, -0.05) is 29.8 Å². The molecule has 0 aliphatic rings. The molecule has 0 fully saturated rings. The van der Waals surface area contributed by atoms with E-state index in [0.29, 0.717) is 6.54 Å². The molecule has 0 aliphatic carbocycles. The second kappa shape index (κ2) is 5.32. The van der Waals surface area contributed by atoms with Gasteiger partial charge in [0.1, 0.15) is 5.82 Å². The molecular formula is C12H10BrClN2. The summed E-state index contributed by atoms with van der Waals surface area (Å²) < 4.78 is 0.946. The molecule has 2 aromatic rings. The zero-order chi connectivity index (χ0) is 11.4. The van der Waals surface area contributed by atoms with Gasteiger partial charge >= 0.3 is 0 Å². The van der Waals surface area contributed by atoms with Crippen LogP contribution in [0.25, 0.3) is 0 Å². The van der Waals surface area contributed by atoms with Crippen LogP contribution in [0.1, 0.15) is 5.56 Å². The van der Waals surface area contributed by atoms with Crippen LogP contribution in [0, 0.1) is 0 Å². The average molecular weight is 298 g/mol. The van der Waals surface area contributed by atoms with Crippen molar-refractivity contribution in [1.29, 1.82) is 0 Å². The maximum absolute atomic E-state index is 6.06. The van der Waals surface area contributed by atoms with E-state index >= 15 is 0 Å². The van der Waals surface area contributed by atoms with Crippen LogP contribution >= 0.6 is 27.5 Å². The van der Waals surface area contributed by atoms with Crippen LogP contribution in [0.4, 0.5) is 5.82 Å². The van der Waals surface area contributed by atoms with Crippen LogP contribution in [0.2, 0.25) is 5.02 Å². The van der Waals surface area contributed by atoms with Gasteiger partial charge in [-0.2, -0.15) is 0 Å². The van der Waals surface area contributed by atoms with Crippen molar-refractivity contribution < 1.29 is 0 Å². The number of rotatable bonds is 3. The number of nitrogens with one attached hydrogen (secondary N) is 1. The summed E-state index contributed by atoms with van der Waals surface area (Å²) in [6.07, 6.45) is 1.75. The summed E-state index contributed by atoms with van der Waals surface area (Å²) in [5.74, 6) is 0.822. The fourth-order valence-electron chi connectivity index (χ4n) is 1.34. The Morgan fingerprint density at radius 2 is 2.00 bits per heavy atom. The lowest BCUT2D eigenvalue weighted by Gasteiger charge is -2.08. The van der Waals surface area contributed by atoms with Gasteiger partial charge in [0, 0.05) is 17.8 Å². The molecule has 1 heterocycles. The number of nitrogens with zero attached hydrogens (tertiary/aromatic N) is 1. The Hall–Kier alpha value is -1.06. The van der Waals surface area contributed by atoms with Crippen molar-refractivity contribution in [3.63, 3.8) is 0 Å². The summed E-state index contributed by atoms with van der Waals surface area (Å²) in [5.41, 5.74) is 1.06. The normalized spacial score (nSPS) is 10.1. The highest BCUT2D eigenvalue weighted by Gasteiger charge is 2.01. The van der Waals surface area contributed by atoms with Crippen molar-refractivity contribution in [1.82, 2.24) is 4.98 Å². The molecular weight excluding hydrogens is 288 g/mol. The van der Waals surface area contributed by atoms with Crippen LogP contribution in [-0.2, 0) is 6.54 Å². The van der Waals surface area contributed by atoms with Gasteiger partial charge in [-0.3, -0.25) is 0 Å². The molecule has 0 saturated heterocycles. The first-order valence-corrected chi connectivity index (χ1v) is 6.02. The van der Waals surface area contributed by atoms with Gasteiger partial charge in [0.15, 0.2) is 0 Å². The Bertz CT molecular complexity index is 442. The van der Waals surface area contributed by atoms with Gasteiger partial charge in [0.2, 0.25) is 0 Å². The number of anilines is 1. The lowest BCUT2D eigenvalue weighted by atomic mass is 10.2. The monoisotopic (exact) mass is 296 g/mol. The van der Waals surface area contributed by atoms with Crippen molar-refractivity contribution in [2.45, 2.75) is 6.54 Å². The molecule has 1 N–H and O–H groups in total. The molecule has 0 unspecified atom stereocenters. The van der Waals surface area contributed by atoms with Crippen LogP contribution in [0.15, 0.2) is 47.1 Å². The van der Waals surface area contributed by atoms with Crippen molar-refractivity contribution in [2.75, 3.05) is 5.32 Å². The number of halogens is 2. The summed E-state index contributed by atoms with van der Waals surface area (Å²) in [7, 11) is 0. The lowest BCUT2D eigenvalue weighted by Crippen LogP contribution is -2.02. The predicted octanol–water partition coefficient (Wildman–Crippen LogP) is 4.11. The minimum absolute atomic E-state index is 0.662. The molecule has 0 bridgehead atoms. The van der Waals surface area contributed by atoms with Crippen molar-refractivity contribution in [3.05, 3.63) is 57.7 Å². The molecule has 0 aliphatic heterocycles. The van der Waals surface area contributed by atoms with Crippen LogP contribution in [0.5, 0.6) is 0 Å². The molecule has 82 valence electrons. The summed E-state index contributed by atoms with van der Waals surface area (Å²) in [6.45, 7) is 0.662. The summed E-state index contributed by atoms with van der Waals surface area (Å²) in [6, 6.07) is 11.6. The molecule has 0 saturated carbocycles. The third-order valence-corrected chi connectivity index (χ3v) is 3.17. The fraction of sp³-hybridized carbons (Fsp3) is 0.0833. The highest BCUT2D eigenvalue weighted by molar-refractivity contribution is 9.10. The van der Waals surface area contributed by atoms with E-state index < -0.39 is 0 Å². The van der Waals surface area contributed by atoms with Crippen LogP contribution < -0.4 is 5.32 Å². The minimum Gasteiger partial charge on any atom is -0.365 e. The summed E-state index contributed by atoms with van der Waals surface area (Å²) >= 11 is 9.49. The second-order valence-corrected chi connectivity index (χ2v) is 4.54. The first kappa shape index (κ1) is 11.4. The largest absolute Gasteiger partial charge is 0.365 e. The maximum atomic E-state index is 6.06. The predicted molar refractivity (Wildman–Crippen MR) is 70.7 cm³/mol. The van der Waals surface area contributed by atoms with E-state index in [2.05, 4.69) is 26.2 Å². The van der Waals surface area contributed by atoms with E-state index in [0.717, 1.165) is 20.9 Å². The number of benzene rings is 1. The number of hydrogen-bond donors (Lipinski definition) is 1. The van der Waals surface area contributed by atoms with Gasteiger partial charge in [-0.25, -0.2) is 4.98 Å². The molecule has 0 amide bonds. The first-order chi connectivity index (χ1) is 7.77. The Morgan fingerprint density at radius 1 is 1.19 bits per heavy atom. The Morgan fingerprint density at radius 3 is 2.75 bits per heavy atom. The second-order valence-electron chi connectivity index (χ2n) is 3.28. The minimum atomic E-state index is 0.662. The summed E-state index contributed by atoms with van der Waals surface area (Å²) in [4.78, 5) is 4.22. The Balaban J connectivity index is 2.09. The number of hydrogen-bond acceptors (Lipinski definition) is 2. The van der Waals surface area contributed by atoms with E-state index in [1.165, 1.54) is 0 Å². The summed E-state index contributed by atoms with van der Waals surface area (Å²) in [5, 5.41) is 3.99. The first-order valence-electron chi connectivity index (χ1n) is 4.85. The molecule has 4 heteroatoms. The van der Waals surface area contributed by atoms with E-state index in [-0.39, 0.29) is 0 Å². The molecule has 0 spiro atoms. The van der Waals surface area contributed by atoms with Gasteiger partial charge in [0.05, 0.1) is 4.47 Å². The molecule has 1 aromatic heterocycles. The van der Waals surface area contributed by atoms with Crippen LogP contribution in [0.3, 0.4) is 0 Å². The third-order valence-electron chi connectivity index (χ3n) is 2.16. The van der Waals surface area contributed by atoms with Crippen LogP contribution in [-0.4, -0.2) is 4.98 Å². The van der Waals surface area contributed by atoms with Gasteiger partial charge < -0.3 is 5.32 Å². The lowest BCUT2D eigenvalue weighted by molar-refractivity contribution is 1.11. The Kier molecular flexibility index (Phi) is 3.80. The molecule has 1 aromatic carbocycles. The highest BCUT2D eigenvalue weighted by Crippen LogP contribution is 2.21. The van der Waals surface area contributed by atoms with Gasteiger partial charge in [0.25, 0.3) is 0 Å². The third kappa shape index (κ3) is 2.74. The van der Waals surface area contributed by atoms with E-state index in [9.17, 15) is 0 Å². The molecule has 0 atom stereocenters. The highest BCUT2D eigenvalue weighted by atomic mass is 79.9. The maximum Gasteiger partial charge on any atom is 0.140 e. The molecule has 2 nitrogen and oxygen atoms in total. The van der Waals surface area contributed by atoms with Crippen molar-refractivity contribution in [2.24, 2.45) is 0 Å². The number of aromatic nitrogens is 1. The zero-order valence-electron chi connectivity index (χ0n) is 8.45. The van der Waals surface area contributed by atoms with E-state index in [4.69, 9.17) is 11.6 Å². The fourth-order valence-corrected chi connectivity index (χ4v) is 1.93. The standard InChI is InChI=1S/C12H10BrClN2/c13-10-5-3-7-15-12(10)16-8-9-4-1-2-6-11(9)14/h1-7H,8H2,(H,15,16). The molecule has 0 radical (unpaired) electrons. The smallest absolute Gasteiger partial charge is 0.140 e. The van der Waals surface area contributed by atoms with Gasteiger partial charge in [-0.05, 0) is 39.7 Å². The number of pyridine rings is 1. The zero-order valence-corrected chi connectivity index (χ0v) is 10.8. The quantitative estimate of drug-likeness (QED) is 0.922. The Labute approximate surface area is 108 Å². The topological polar surface area (TPSA) is 24.9 Å². The van der Waals surface area contributed by atoms with Crippen molar-refractivity contribution >= 4 is 33.3 Å². The van der Waals surface area contributed by atoms with Gasteiger partial charge in [-0.15, -0.1) is 0 Å². The average Bonchev–Trinajstić information content (AvgIpc) is 2.30. The molecule has 2 rings (SSSR count). The molecule has 16 heavy (non-hydrogen) atoms. The van der Waals surface area contributed by atoms with Crippen molar-refractivity contribution in [3.8, 4) is 0 Å².